The first-order valence-corrected chi connectivity index (χ1v) is 13.0. The Morgan fingerprint density at radius 3 is 2.18 bits per heavy atom. The van der Waals surface area contributed by atoms with Crippen molar-refractivity contribution in [2.24, 2.45) is 0 Å². The highest BCUT2D eigenvalue weighted by Gasteiger charge is 2.35. The van der Waals surface area contributed by atoms with Gasteiger partial charge in [-0.15, -0.1) is 0 Å². The third-order valence-electron chi connectivity index (χ3n) is 7.50. The molecule has 0 bridgehead atoms. The molecular formula is C33H36O. The first kappa shape index (κ1) is 22.7. The van der Waals surface area contributed by atoms with E-state index in [0.717, 1.165) is 18.8 Å². The monoisotopic (exact) mass is 448 g/mol. The van der Waals surface area contributed by atoms with Gasteiger partial charge in [0.1, 0.15) is 5.75 Å². The van der Waals surface area contributed by atoms with Crippen LogP contribution in [-0.4, -0.2) is 6.61 Å². The molecule has 174 valence electrons. The van der Waals surface area contributed by atoms with Gasteiger partial charge in [-0.2, -0.15) is 0 Å². The second-order valence-corrected chi connectivity index (χ2v) is 10.3. The van der Waals surface area contributed by atoms with E-state index in [9.17, 15) is 0 Å². The van der Waals surface area contributed by atoms with Crippen LogP contribution in [0.25, 0.3) is 33.0 Å². The summed E-state index contributed by atoms with van der Waals surface area (Å²) in [6.07, 6.45) is 7.73. The molecule has 0 amide bonds. The van der Waals surface area contributed by atoms with Gasteiger partial charge in [0, 0.05) is 5.41 Å². The molecule has 1 aliphatic rings. The molecule has 1 heteroatoms. The van der Waals surface area contributed by atoms with Crippen LogP contribution in [0.15, 0.2) is 78.9 Å². The zero-order chi connectivity index (χ0) is 23.5. The number of hydrogen-bond acceptors (Lipinski definition) is 1. The van der Waals surface area contributed by atoms with Crippen LogP contribution in [0.4, 0.5) is 0 Å². The minimum atomic E-state index is 0.0288. The highest BCUT2D eigenvalue weighted by molar-refractivity contribution is 5.90. The second-order valence-electron chi connectivity index (χ2n) is 10.3. The van der Waals surface area contributed by atoms with E-state index in [-0.39, 0.29) is 5.41 Å². The van der Waals surface area contributed by atoms with Crippen LogP contribution in [0.5, 0.6) is 5.75 Å². The molecule has 0 radical (unpaired) electrons. The molecular weight excluding hydrogens is 412 g/mol. The normalized spacial score (nSPS) is 13.6. The van der Waals surface area contributed by atoms with Crippen molar-refractivity contribution in [3.8, 4) is 28.0 Å². The topological polar surface area (TPSA) is 9.23 Å². The first-order valence-electron chi connectivity index (χ1n) is 13.0. The molecule has 0 N–H and O–H groups in total. The average Bonchev–Trinajstić information content (AvgIpc) is 3.09. The maximum atomic E-state index is 6.04. The van der Waals surface area contributed by atoms with Gasteiger partial charge in [-0.1, -0.05) is 107 Å². The molecule has 0 saturated heterocycles. The number of ether oxygens (including phenoxy) is 1. The maximum Gasteiger partial charge on any atom is 0.119 e. The molecule has 0 aliphatic heterocycles. The van der Waals surface area contributed by atoms with E-state index in [1.807, 2.05) is 0 Å². The molecule has 4 aromatic rings. The fourth-order valence-electron chi connectivity index (χ4n) is 5.45. The van der Waals surface area contributed by atoms with Gasteiger partial charge in [0.15, 0.2) is 0 Å². The maximum absolute atomic E-state index is 6.04. The molecule has 0 atom stereocenters. The third kappa shape index (κ3) is 4.37. The van der Waals surface area contributed by atoms with E-state index >= 15 is 0 Å². The lowest BCUT2D eigenvalue weighted by Crippen LogP contribution is -2.14. The molecule has 5 rings (SSSR count). The Labute approximate surface area is 204 Å². The van der Waals surface area contributed by atoms with Crippen LogP contribution in [0.1, 0.15) is 70.4 Å². The highest BCUT2D eigenvalue weighted by Crippen LogP contribution is 2.49. The predicted octanol–water partition coefficient (Wildman–Crippen LogP) is 9.55. The molecule has 0 fully saturated rings. The van der Waals surface area contributed by atoms with Crippen molar-refractivity contribution < 1.29 is 4.74 Å². The summed E-state index contributed by atoms with van der Waals surface area (Å²) in [7, 11) is 0. The molecule has 1 aliphatic carbocycles. The van der Waals surface area contributed by atoms with E-state index in [1.54, 1.807) is 0 Å². The minimum Gasteiger partial charge on any atom is -0.494 e. The van der Waals surface area contributed by atoms with Crippen molar-refractivity contribution in [2.75, 3.05) is 6.61 Å². The van der Waals surface area contributed by atoms with Crippen molar-refractivity contribution in [3.05, 3.63) is 90.0 Å². The Hall–Kier alpha value is -3.06. The number of unbranched alkanes of at least 4 members (excludes halogenated alkanes) is 5. The van der Waals surface area contributed by atoms with Crippen molar-refractivity contribution in [2.45, 2.75) is 64.7 Å². The molecule has 1 nitrogen and oxygen atoms in total. The summed E-state index contributed by atoms with van der Waals surface area (Å²) in [6, 6.07) is 29.1. The largest absolute Gasteiger partial charge is 0.494 e. The average molecular weight is 449 g/mol. The lowest BCUT2D eigenvalue weighted by Gasteiger charge is -2.22. The van der Waals surface area contributed by atoms with Crippen LogP contribution in [0.3, 0.4) is 0 Å². The van der Waals surface area contributed by atoms with Crippen LogP contribution in [-0.2, 0) is 5.41 Å². The Balaban J connectivity index is 1.32. The second kappa shape index (κ2) is 9.66. The highest BCUT2D eigenvalue weighted by atomic mass is 16.5. The number of benzene rings is 4. The van der Waals surface area contributed by atoms with Gasteiger partial charge in [0.05, 0.1) is 6.61 Å². The van der Waals surface area contributed by atoms with Crippen molar-refractivity contribution in [3.63, 3.8) is 0 Å². The molecule has 4 aromatic carbocycles. The van der Waals surface area contributed by atoms with Gasteiger partial charge in [0.2, 0.25) is 0 Å². The molecule has 0 spiro atoms. The van der Waals surface area contributed by atoms with Crippen LogP contribution >= 0.6 is 0 Å². The van der Waals surface area contributed by atoms with Gasteiger partial charge in [-0.25, -0.2) is 0 Å². The Morgan fingerprint density at radius 2 is 1.29 bits per heavy atom. The zero-order valence-corrected chi connectivity index (χ0v) is 20.9. The van der Waals surface area contributed by atoms with Crippen molar-refractivity contribution in [1.29, 1.82) is 0 Å². The van der Waals surface area contributed by atoms with E-state index in [0.29, 0.717) is 0 Å². The van der Waals surface area contributed by atoms with Crippen LogP contribution in [0, 0.1) is 0 Å². The lowest BCUT2D eigenvalue weighted by molar-refractivity contribution is 0.305. The summed E-state index contributed by atoms with van der Waals surface area (Å²) >= 11 is 0. The summed E-state index contributed by atoms with van der Waals surface area (Å²) in [4.78, 5) is 0. The smallest absolute Gasteiger partial charge is 0.119 e. The predicted molar refractivity (Wildman–Crippen MR) is 146 cm³/mol. The summed E-state index contributed by atoms with van der Waals surface area (Å²) in [6.45, 7) is 7.75. The lowest BCUT2D eigenvalue weighted by atomic mass is 9.81. The van der Waals surface area contributed by atoms with Crippen LogP contribution < -0.4 is 4.74 Å². The SMILES string of the molecule is CCCCCCCCOc1ccc2cc(-c3ccc4c(c3)C(C)(C)c3ccccc3-4)ccc2c1. The Kier molecular flexibility index (Phi) is 6.46. The fourth-order valence-corrected chi connectivity index (χ4v) is 5.45. The molecule has 0 saturated carbocycles. The van der Waals surface area contributed by atoms with E-state index in [1.165, 1.54) is 76.3 Å². The zero-order valence-electron chi connectivity index (χ0n) is 20.9. The summed E-state index contributed by atoms with van der Waals surface area (Å²) in [5.74, 6) is 0.978. The molecule has 0 unspecified atom stereocenters. The minimum absolute atomic E-state index is 0.0288. The van der Waals surface area contributed by atoms with Gasteiger partial charge >= 0.3 is 0 Å². The quantitative estimate of drug-likeness (QED) is 0.232. The fraction of sp³-hybridized carbons (Fsp3) is 0.333. The van der Waals surface area contributed by atoms with Gasteiger partial charge in [-0.3, -0.25) is 0 Å². The van der Waals surface area contributed by atoms with Gasteiger partial charge < -0.3 is 4.74 Å². The molecule has 0 heterocycles. The number of hydrogen-bond donors (Lipinski definition) is 0. The first-order chi connectivity index (χ1) is 16.6. The number of fused-ring (bicyclic) bond motifs is 4. The van der Waals surface area contributed by atoms with Crippen molar-refractivity contribution in [1.82, 2.24) is 0 Å². The van der Waals surface area contributed by atoms with E-state index in [4.69, 9.17) is 4.74 Å². The standard InChI is InChI=1S/C33H36O/c1-4-5-6-7-8-11-20-34-28-18-16-25-21-24(14-15-26(25)22-28)27-17-19-30-29-12-9-10-13-31(29)33(2,3)32(30)23-27/h9-10,12-19,21-23H,4-8,11,20H2,1-3H3. The molecule has 34 heavy (non-hydrogen) atoms. The third-order valence-corrected chi connectivity index (χ3v) is 7.50. The van der Waals surface area contributed by atoms with Gasteiger partial charge in [0.25, 0.3) is 0 Å². The van der Waals surface area contributed by atoms with E-state index in [2.05, 4.69) is 99.6 Å². The summed E-state index contributed by atoms with van der Waals surface area (Å²) in [5.41, 5.74) is 8.17. The Morgan fingerprint density at radius 1 is 0.618 bits per heavy atom. The molecule has 0 aromatic heterocycles. The summed E-state index contributed by atoms with van der Waals surface area (Å²) in [5, 5.41) is 2.49. The van der Waals surface area contributed by atoms with Crippen molar-refractivity contribution >= 4 is 10.8 Å². The summed E-state index contributed by atoms with van der Waals surface area (Å²) < 4.78 is 6.04. The van der Waals surface area contributed by atoms with E-state index < -0.39 is 0 Å². The van der Waals surface area contributed by atoms with Gasteiger partial charge in [-0.05, 0) is 74.8 Å². The Bertz CT molecular complexity index is 1300. The van der Waals surface area contributed by atoms with Crippen LogP contribution in [0.2, 0.25) is 0 Å². The number of rotatable bonds is 9.